The number of methoxy groups -OCH3 is 1. The third-order valence-electron chi connectivity index (χ3n) is 4.83. The molecule has 148 valence electrons. The van der Waals surface area contributed by atoms with Crippen molar-refractivity contribution in [2.75, 3.05) is 34.3 Å². The molecule has 1 saturated carbocycles. The van der Waals surface area contributed by atoms with Crippen molar-refractivity contribution in [3.05, 3.63) is 29.8 Å². The minimum atomic E-state index is 0. The number of rotatable bonds is 7. The summed E-state index contributed by atoms with van der Waals surface area (Å²) in [5.74, 6) is 1.85. The van der Waals surface area contributed by atoms with E-state index >= 15 is 0 Å². The lowest BCUT2D eigenvalue weighted by molar-refractivity contribution is 0.294. The molecular formula is C20H35IN4O. The summed E-state index contributed by atoms with van der Waals surface area (Å²) in [5.41, 5.74) is 1.17. The van der Waals surface area contributed by atoms with E-state index in [1.165, 1.54) is 37.7 Å². The number of nitrogens with zero attached hydrogens (tertiary/aromatic N) is 2. The Balaban J connectivity index is 0.00000338. The maximum Gasteiger partial charge on any atom is 0.191 e. The van der Waals surface area contributed by atoms with Crippen LogP contribution in [0.15, 0.2) is 29.3 Å². The predicted octanol–water partition coefficient (Wildman–Crippen LogP) is 3.80. The molecule has 1 aromatic rings. The number of hydrogen-bond acceptors (Lipinski definition) is 3. The Hall–Kier alpha value is -1.02. The maximum atomic E-state index is 5.55. The highest BCUT2D eigenvalue weighted by Crippen LogP contribution is 2.28. The van der Waals surface area contributed by atoms with Crippen LogP contribution in [0.4, 0.5) is 0 Å². The van der Waals surface area contributed by atoms with Gasteiger partial charge in [-0.05, 0) is 39.9 Å². The number of benzene rings is 1. The summed E-state index contributed by atoms with van der Waals surface area (Å²) < 4.78 is 5.55. The molecule has 0 aromatic heterocycles. The largest absolute Gasteiger partial charge is 0.496 e. The van der Waals surface area contributed by atoms with Crippen LogP contribution in [0.25, 0.3) is 0 Å². The predicted molar refractivity (Wildman–Crippen MR) is 121 cm³/mol. The standard InChI is InChI=1S/C20H34N4O.HI/c1-5-21-20(23-16-11-7-6-8-12-16)22-15-18(24(2)3)17-13-9-10-14-19(17)25-4;/h9-10,13-14,16,18H,5-8,11-12,15H2,1-4H3,(H2,21,22,23);1H. The lowest BCUT2D eigenvalue weighted by Gasteiger charge is -2.27. The molecular weight excluding hydrogens is 439 g/mol. The Bertz CT molecular complexity index is 544. The SMILES string of the molecule is CCNC(=NCC(c1ccccc1OC)N(C)C)NC1CCCCC1.I. The molecule has 0 amide bonds. The molecule has 1 atom stereocenters. The molecule has 0 spiro atoms. The van der Waals surface area contributed by atoms with Gasteiger partial charge in [0.2, 0.25) is 0 Å². The molecule has 2 rings (SSSR count). The Morgan fingerprint density at radius 3 is 2.54 bits per heavy atom. The van der Waals surface area contributed by atoms with Crippen molar-refractivity contribution >= 4 is 29.9 Å². The van der Waals surface area contributed by atoms with Crippen molar-refractivity contribution < 1.29 is 4.74 Å². The van der Waals surface area contributed by atoms with Gasteiger partial charge in [0.25, 0.3) is 0 Å². The van der Waals surface area contributed by atoms with Crippen LogP contribution in [0.2, 0.25) is 0 Å². The normalized spacial score (nSPS) is 16.7. The molecule has 1 aromatic carbocycles. The fraction of sp³-hybridized carbons (Fsp3) is 0.650. The summed E-state index contributed by atoms with van der Waals surface area (Å²) >= 11 is 0. The van der Waals surface area contributed by atoms with Crippen LogP contribution >= 0.6 is 24.0 Å². The van der Waals surface area contributed by atoms with Gasteiger partial charge in [-0.25, -0.2) is 0 Å². The van der Waals surface area contributed by atoms with E-state index in [0.29, 0.717) is 12.6 Å². The van der Waals surface area contributed by atoms with Gasteiger partial charge in [-0.3, -0.25) is 4.99 Å². The topological polar surface area (TPSA) is 48.9 Å². The minimum Gasteiger partial charge on any atom is -0.496 e. The van der Waals surface area contributed by atoms with E-state index in [2.05, 4.69) is 48.7 Å². The number of ether oxygens (including phenoxy) is 1. The van der Waals surface area contributed by atoms with E-state index < -0.39 is 0 Å². The number of guanidine groups is 1. The van der Waals surface area contributed by atoms with Crippen LogP contribution in [-0.2, 0) is 0 Å². The molecule has 2 N–H and O–H groups in total. The number of likely N-dealkylation sites (N-methyl/N-ethyl adjacent to an activating group) is 1. The molecule has 6 heteroatoms. The summed E-state index contributed by atoms with van der Waals surface area (Å²) in [6.45, 7) is 3.68. The second-order valence-electron chi connectivity index (χ2n) is 6.92. The smallest absolute Gasteiger partial charge is 0.191 e. The number of hydrogen-bond donors (Lipinski definition) is 2. The third kappa shape index (κ3) is 6.95. The number of halogens is 1. The lowest BCUT2D eigenvalue weighted by atomic mass is 9.96. The fourth-order valence-electron chi connectivity index (χ4n) is 3.42. The van der Waals surface area contributed by atoms with Gasteiger partial charge in [0.15, 0.2) is 5.96 Å². The van der Waals surface area contributed by atoms with Crippen LogP contribution in [-0.4, -0.2) is 51.2 Å². The van der Waals surface area contributed by atoms with Gasteiger partial charge in [0.1, 0.15) is 5.75 Å². The van der Waals surface area contributed by atoms with Crippen molar-refractivity contribution in [2.45, 2.75) is 51.1 Å². The summed E-state index contributed by atoms with van der Waals surface area (Å²) in [7, 11) is 5.91. The first kappa shape index (κ1) is 23.0. The van der Waals surface area contributed by atoms with Gasteiger partial charge in [-0.15, -0.1) is 24.0 Å². The quantitative estimate of drug-likeness (QED) is 0.359. The van der Waals surface area contributed by atoms with Crippen LogP contribution in [0.1, 0.15) is 50.6 Å². The molecule has 0 aliphatic heterocycles. The molecule has 1 unspecified atom stereocenters. The Labute approximate surface area is 176 Å². The van der Waals surface area contributed by atoms with Crippen LogP contribution < -0.4 is 15.4 Å². The van der Waals surface area contributed by atoms with Crippen LogP contribution in [0, 0.1) is 0 Å². The lowest BCUT2D eigenvalue weighted by Crippen LogP contribution is -2.44. The van der Waals surface area contributed by atoms with Gasteiger partial charge >= 0.3 is 0 Å². The first-order chi connectivity index (χ1) is 12.2. The average molecular weight is 474 g/mol. The third-order valence-corrected chi connectivity index (χ3v) is 4.83. The highest BCUT2D eigenvalue weighted by atomic mass is 127. The highest BCUT2D eigenvalue weighted by molar-refractivity contribution is 14.0. The zero-order valence-corrected chi connectivity index (χ0v) is 19.0. The van der Waals surface area contributed by atoms with E-state index in [0.717, 1.165) is 18.3 Å². The van der Waals surface area contributed by atoms with E-state index in [9.17, 15) is 0 Å². The van der Waals surface area contributed by atoms with Crippen LogP contribution in [0.5, 0.6) is 5.75 Å². The minimum absolute atomic E-state index is 0. The van der Waals surface area contributed by atoms with Crippen LogP contribution in [0.3, 0.4) is 0 Å². The van der Waals surface area contributed by atoms with E-state index in [1.807, 2.05) is 12.1 Å². The molecule has 1 aliphatic carbocycles. The Morgan fingerprint density at radius 2 is 1.92 bits per heavy atom. The molecule has 0 bridgehead atoms. The number of nitrogens with one attached hydrogen (secondary N) is 2. The maximum absolute atomic E-state index is 5.55. The van der Waals surface area contributed by atoms with Crippen molar-refractivity contribution in [1.29, 1.82) is 0 Å². The van der Waals surface area contributed by atoms with Crippen molar-refractivity contribution in [1.82, 2.24) is 15.5 Å². The number of aliphatic imine (C=N–C) groups is 1. The highest BCUT2D eigenvalue weighted by Gasteiger charge is 2.19. The van der Waals surface area contributed by atoms with Gasteiger partial charge < -0.3 is 20.3 Å². The second kappa shape index (κ2) is 12.4. The van der Waals surface area contributed by atoms with Gasteiger partial charge in [-0.1, -0.05) is 37.5 Å². The molecule has 26 heavy (non-hydrogen) atoms. The van der Waals surface area contributed by atoms with Gasteiger partial charge in [0, 0.05) is 18.2 Å². The summed E-state index contributed by atoms with van der Waals surface area (Å²) in [4.78, 5) is 7.08. The van der Waals surface area contributed by atoms with Crippen molar-refractivity contribution in [3.8, 4) is 5.75 Å². The zero-order chi connectivity index (χ0) is 18.1. The summed E-state index contributed by atoms with van der Waals surface area (Å²) in [6.07, 6.45) is 6.49. The van der Waals surface area contributed by atoms with Gasteiger partial charge in [-0.2, -0.15) is 0 Å². The first-order valence-electron chi connectivity index (χ1n) is 9.49. The fourth-order valence-corrected chi connectivity index (χ4v) is 3.42. The molecule has 0 saturated heterocycles. The Kier molecular flexibility index (Phi) is 11.0. The van der Waals surface area contributed by atoms with E-state index in [-0.39, 0.29) is 30.0 Å². The molecule has 0 heterocycles. The molecule has 1 fully saturated rings. The van der Waals surface area contributed by atoms with Gasteiger partial charge in [0.05, 0.1) is 19.7 Å². The number of para-hydroxylation sites is 1. The Morgan fingerprint density at radius 1 is 1.23 bits per heavy atom. The molecule has 5 nitrogen and oxygen atoms in total. The molecule has 1 aliphatic rings. The molecule has 0 radical (unpaired) electrons. The summed E-state index contributed by atoms with van der Waals surface area (Å²) in [5, 5.41) is 7.01. The first-order valence-corrected chi connectivity index (χ1v) is 9.49. The zero-order valence-electron chi connectivity index (χ0n) is 16.6. The van der Waals surface area contributed by atoms with E-state index in [1.54, 1.807) is 7.11 Å². The van der Waals surface area contributed by atoms with Crippen molar-refractivity contribution in [3.63, 3.8) is 0 Å². The average Bonchev–Trinajstić information content (AvgIpc) is 2.63. The van der Waals surface area contributed by atoms with Crippen molar-refractivity contribution in [2.24, 2.45) is 4.99 Å². The van der Waals surface area contributed by atoms with E-state index in [4.69, 9.17) is 9.73 Å². The monoisotopic (exact) mass is 474 g/mol. The summed E-state index contributed by atoms with van der Waals surface area (Å²) in [6, 6.07) is 8.94. The second-order valence-corrected chi connectivity index (χ2v) is 6.92.